The van der Waals surface area contributed by atoms with Crippen LogP contribution in [0.4, 0.5) is 15.2 Å². The van der Waals surface area contributed by atoms with Crippen LogP contribution in [-0.4, -0.2) is 74.1 Å². The van der Waals surface area contributed by atoms with E-state index in [1.807, 2.05) is 0 Å². The highest BCUT2D eigenvalue weighted by Crippen LogP contribution is 2.41. The highest BCUT2D eigenvalue weighted by molar-refractivity contribution is 8.00. The lowest BCUT2D eigenvalue weighted by Crippen LogP contribution is -2.71. The van der Waals surface area contributed by atoms with Gasteiger partial charge in [-0.15, -0.1) is 34.7 Å². The lowest BCUT2D eigenvalue weighted by molar-refractivity contribution is -0.384. The minimum atomic E-state index is -1.85. The van der Waals surface area contributed by atoms with Gasteiger partial charge in [0.1, 0.15) is 29.4 Å². The first kappa shape index (κ1) is 31.6. The lowest BCUT2D eigenvalue weighted by atomic mass is 10.0. The number of hydrogen-bond donors (Lipinski definition) is 2. The van der Waals surface area contributed by atoms with Crippen LogP contribution >= 0.6 is 34.7 Å². The normalized spacial score (nSPS) is 18.9. The van der Waals surface area contributed by atoms with Crippen LogP contribution in [-0.2, 0) is 35.4 Å². The first-order valence-corrected chi connectivity index (χ1v) is 14.8. The van der Waals surface area contributed by atoms with Gasteiger partial charge in [0.25, 0.3) is 23.9 Å². The van der Waals surface area contributed by atoms with Gasteiger partial charge in [0.15, 0.2) is 10.8 Å². The predicted molar refractivity (Wildman–Crippen MR) is 155 cm³/mol. The number of fused-ring (bicyclic) bond motifs is 1. The van der Waals surface area contributed by atoms with Crippen LogP contribution in [0.5, 0.6) is 0 Å². The zero-order valence-corrected chi connectivity index (χ0v) is 24.5. The average molecular weight is 653 g/mol. The molecule has 14 nitrogen and oxygen atoms in total. The van der Waals surface area contributed by atoms with Gasteiger partial charge >= 0.3 is 5.97 Å². The highest BCUT2D eigenvalue weighted by Gasteiger charge is 2.54. The van der Waals surface area contributed by atoms with Crippen molar-refractivity contribution < 1.29 is 38.1 Å². The molecule has 0 aliphatic carbocycles. The van der Waals surface area contributed by atoms with Gasteiger partial charge in [-0.2, -0.15) is 4.39 Å². The van der Waals surface area contributed by atoms with Crippen molar-refractivity contribution in [1.29, 1.82) is 0 Å². The molecule has 2 aliphatic rings. The Kier molecular flexibility index (Phi) is 10.4. The number of oxime groups is 1. The van der Waals surface area contributed by atoms with Crippen LogP contribution < -0.4 is 10.6 Å². The van der Waals surface area contributed by atoms with Crippen molar-refractivity contribution in [2.24, 2.45) is 5.16 Å². The van der Waals surface area contributed by atoms with Gasteiger partial charge in [-0.25, -0.2) is 9.78 Å². The fraction of sp³-hybridized carbons (Fsp3) is 0.280. The van der Waals surface area contributed by atoms with Crippen molar-refractivity contribution in [2.75, 3.05) is 16.9 Å². The Morgan fingerprint density at radius 3 is 2.77 bits per heavy atom. The molecule has 18 heteroatoms. The number of thiazole rings is 1. The first-order chi connectivity index (χ1) is 20.6. The van der Waals surface area contributed by atoms with Crippen LogP contribution in [0.25, 0.3) is 0 Å². The molecular formula is C25H22ClFN6O8S2. The Balaban J connectivity index is 1.51. The molecule has 1 aromatic heterocycles. The monoisotopic (exact) mass is 652 g/mol. The van der Waals surface area contributed by atoms with E-state index in [0.717, 1.165) is 18.3 Å². The molecule has 2 aliphatic heterocycles. The van der Waals surface area contributed by atoms with E-state index in [1.165, 1.54) is 46.3 Å². The number of carbonyl (C=O) groups is 4. The Bertz CT molecular complexity index is 1510. The summed E-state index contributed by atoms with van der Waals surface area (Å²) in [7, 11) is 0. The average Bonchev–Trinajstić information content (AvgIpc) is 3.45. The molecule has 1 aromatic carbocycles. The number of aromatic nitrogens is 1. The number of ether oxygens (including phenoxy) is 1. The van der Waals surface area contributed by atoms with Crippen molar-refractivity contribution >= 4 is 75.4 Å². The Hall–Kier alpha value is -4.35. The summed E-state index contributed by atoms with van der Waals surface area (Å²) in [4.78, 5) is 70.6. The number of allylic oxidation sites excluding steroid dienone is 2. The second-order valence-electron chi connectivity index (χ2n) is 8.68. The maximum absolute atomic E-state index is 13.4. The fourth-order valence-corrected chi connectivity index (χ4v) is 5.98. The third-order valence-corrected chi connectivity index (χ3v) is 8.09. The van der Waals surface area contributed by atoms with Gasteiger partial charge in [-0.05, 0) is 23.3 Å². The van der Waals surface area contributed by atoms with Gasteiger partial charge in [0.2, 0.25) is 6.41 Å². The van der Waals surface area contributed by atoms with Crippen LogP contribution in [0.3, 0.4) is 0 Å². The molecule has 0 spiro atoms. The number of alkyl halides is 2. The van der Waals surface area contributed by atoms with E-state index in [1.54, 1.807) is 12.2 Å². The standard InChI is InChI=1S/C25H22ClFN6O8S2/c1-13(27)41-31-18(17-11-43-25(29-17)28-12-34)21(35)30-19-22(36)32-20(15(3-2-8-26)10-42-23(19)32)24(37)40-9-14-4-6-16(7-5-14)33(38)39/h2-7,11-13,19,23H,8-10H2,1H3,(H,30,35)(H,28,29,34)/b3-2+,31-18-/t13?,19-,23-/m1/s1. The van der Waals surface area contributed by atoms with Crippen LogP contribution in [0.1, 0.15) is 18.2 Å². The number of nitro groups is 1. The van der Waals surface area contributed by atoms with E-state index in [2.05, 4.69) is 25.6 Å². The number of β-lactam (4-membered cyclic amide) rings is 1. The van der Waals surface area contributed by atoms with Gasteiger partial charge in [0.05, 0.1) is 4.92 Å². The second-order valence-corrected chi connectivity index (χ2v) is 11.0. The zero-order chi connectivity index (χ0) is 31.1. The molecule has 1 unspecified atom stereocenters. The molecule has 2 aromatic rings. The molecule has 43 heavy (non-hydrogen) atoms. The first-order valence-electron chi connectivity index (χ1n) is 12.3. The van der Waals surface area contributed by atoms with Gasteiger partial charge in [-0.3, -0.25) is 29.4 Å². The number of nitro benzene ring substituents is 1. The number of halogens is 2. The summed E-state index contributed by atoms with van der Waals surface area (Å²) in [5, 5.41) is 20.1. The quantitative estimate of drug-likeness (QED) is 0.0621. The maximum atomic E-state index is 13.4. The van der Waals surface area contributed by atoms with E-state index in [0.29, 0.717) is 17.5 Å². The third kappa shape index (κ3) is 7.36. The minimum Gasteiger partial charge on any atom is -0.456 e. The van der Waals surface area contributed by atoms with E-state index >= 15 is 0 Å². The van der Waals surface area contributed by atoms with Crippen LogP contribution in [0.2, 0.25) is 0 Å². The number of amides is 3. The van der Waals surface area contributed by atoms with E-state index in [-0.39, 0.29) is 40.4 Å². The zero-order valence-electron chi connectivity index (χ0n) is 22.1. The Morgan fingerprint density at radius 2 is 2.12 bits per heavy atom. The number of nitrogens with one attached hydrogen (secondary N) is 2. The van der Waals surface area contributed by atoms with Crippen molar-refractivity contribution in [3.8, 4) is 0 Å². The van der Waals surface area contributed by atoms with E-state index < -0.39 is 46.2 Å². The third-order valence-electron chi connectivity index (χ3n) is 5.84. The number of rotatable bonds is 13. The summed E-state index contributed by atoms with van der Waals surface area (Å²) >= 11 is 8.03. The molecule has 3 amide bonds. The number of benzene rings is 1. The highest BCUT2D eigenvalue weighted by atomic mass is 35.5. The topological polar surface area (TPSA) is 182 Å². The number of thioether (sulfide) groups is 1. The SMILES string of the molecule is CC(F)O/N=C(\C(=O)N[C@@H]1C(=O)N2C(C(=O)OCc3ccc([N+](=O)[O-])cc3)=C(/C=C/CCl)CS[C@H]12)c1csc(NC=O)n1. The summed E-state index contributed by atoms with van der Waals surface area (Å²) in [6.07, 6.45) is 1.74. The molecule has 1 saturated heterocycles. The molecule has 2 N–H and O–H groups in total. The number of hydrogen-bond acceptors (Lipinski definition) is 12. The van der Waals surface area contributed by atoms with E-state index in [4.69, 9.17) is 16.3 Å². The fourth-order valence-electron chi connectivity index (χ4n) is 3.92. The van der Waals surface area contributed by atoms with Crippen LogP contribution in [0.15, 0.2) is 58.2 Å². The summed E-state index contributed by atoms with van der Waals surface area (Å²) in [6, 6.07) is 4.35. The van der Waals surface area contributed by atoms with Crippen molar-refractivity contribution in [1.82, 2.24) is 15.2 Å². The maximum Gasteiger partial charge on any atom is 0.355 e. The lowest BCUT2D eigenvalue weighted by Gasteiger charge is -2.49. The smallest absolute Gasteiger partial charge is 0.355 e. The largest absolute Gasteiger partial charge is 0.456 e. The number of non-ortho nitro benzene ring substituents is 1. The Labute approximate surface area is 256 Å². The van der Waals surface area contributed by atoms with Crippen LogP contribution in [0, 0.1) is 10.1 Å². The van der Waals surface area contributed by atoms with Gasteiger partial charge in [0, 0.05) is 36.1 Å². The molecule has 0 saturated carbocycles. The van der Waals surface area contributed by atoms with Crippen molar-refractivity contribution in [2.45, 2.75) is 31.3 Å². The van der Waals surface area contributed by atoms with Crippen molar-refractivity contribution in [3.05, 3.63) is 74.4 Å². The summed E-state index contributed by atoms with van der Waals surface area (Å²) in [6.45, 7) is 0.838. The second kappa shape index (κ2) is 14.2. The summed E-state index contributed by atoms with van der Waals surface area (Å²) in [5.74, 6) is -1.92. The number of carbonyl (C=O) groups excluding carboxylic acids is 4. The molecular weight excluding hydrogens is 631 g/mol. The van der Waals surface area contributed by atoms with Crippen molar-refractivity contribution in [3.63, 3.8) is 0 Å². The molecule has 226 valence electrons. The summed E-state index contributed by atoms with van der Waals surface area (Å²) < 4.78 is 18.8. The molecule has 1 fully saturated rings. The van der Waals surface area contributed by atoms with Gasteiger partial charge in [-0.1, -0.05) is 17.3 Å². The number of nitrogens with zero attached hydrogens (tertiary/aromatic N) is 4. The number of anilines is 1. The molecule has 0 bridgehead atoms. The number of esters is 1. The predicted octanol–water partition coefficient (Wildman–Crippen LogP) is 2.85. The molecule has 3 heterocycles. The Morgan fingerprint density at radius 1 is 1.37 bits per heavy atom. The van der Waals surface area contributed by atoms with Gasteiger partial charge < -0.3 is 20.2 Å². The van der Waals surface area contributed by atoms with E-state index in [9.17, 15) is 33.7 Å². The molecule has 3 atom stereocenters. The molecule has 0 radical (unpaired) electrons. The summed E-state index contributed by atoms with van der Waals surface area (Å²) in [5.41, 5.74) is 0.343. The minimum absolute atomic E-state index is 0.0312. The molecule has 4 rings (SSSR count).